The van der Waals surface area contributed by atoms with Crippen LogP contribution in [-0.2, 0) is 4.74 Å². The minimum atomic E-state index is -0.366. The van der Waals surface area contributed by atoms with E-state index in [4.69, 9.17) is 4.74 Å². The molecule has 0 radical (unpaired) electrons. The fourth-order valence-electron chi connectivity index (χ4n) is 1.35. The summed E-state index contributed by atoms with van der Waals surface area (Å²) in [6, 6.07) is 5.34. The van der Waals surface area contributed by atoms with Crippen LogP contribution >= 0.6 is 0 Å². The molecule has 0 bridgehead atoms. The number of fused-ring (bicyclic) bond motifs is 1. The summed E-state index contributed by atoms with van der Waals surface area (Å²) >= 11 is 0. The van der Waals surface area contributed by atoms with E-state index in [1.165, 1.54) is 6.20 Å². The normalized spacial score (nSPS) is 10.7. The third kappa shape index (κ3) is 2.16. The fourth-order valence-corrected chi connectivity index (χ4v) is 1.35. The Morgan fingerprint density at radius 2 is 2.12 bits per heavy atom. The van der Waals surface area contributed by atoms with Crippen molar-refractivity contribution in [1.82, 2.24) is 9.97 Å². The molecule has 0 atom stereocenters. The summed E-state index contributed by atoms with van der Waals surface area (Å²) in [6.07, 6.45) is 3.04. The van der Waals surface area contributed by atoms with Gasteiger partial charge in [-0.25, -0.2) is 4.79 Å². The predicted molar refractivity (Wildman–Crippen MR) is 60.1 cm³/mol. The van der Waals surface area contributed by atoms with Crippen molar-refractivity contribution in [2.24, 2.45) is 0 Å². The molecule has 0 aromatic carbocycles. The topological polar surface area (TPSA) is 52.1 Å². The summed E-state index contributed by atoms with van der Waals surface area (Å²) < 4.78 is 5.08. The van der Waals surface area contributed by atoms with Gasteiger partial charge in [0.05, 0.1) is 22.7 Å². The van der Waals surface area contributed by atoms with Gasteiger partial charge in [0.2, 0.25) is 0 Å². The van der Waals surface area contributed by atoms with E-state index in [-0.39, 0.29) is 12.1 Å². The van der Waals surface area contributed by atoms with Gasteiger partial charge in [0, 0.05) is 12.4 Å². The van der Waals surface area contributed by atoms with Crippen molar-refractivity contribution in [2.75, 3.05) is 0 Å². The first-order valence-electron chi connectivity index (χ1n) is 5.08. The van der Waals surface area contributed by atoms with Crippen molar-refractivity contribution >= 4 is 17.0 Å². The molecule has 0 saturated carbocycles. The summed E-state index contributed by atoms with van der Waals surface area (Å²) in [7, 11) is 0. The van der Waals surface area contributed by atoms with E-state index in [1.54, 1.807) is 18.3 Å². The summed E-state index contributed by atoms with van der Waals surface area (Å²) in [6.45, 7) is 3.62. The van der Waals surface area contributed by atoms with Crippen LogP contribution in [0.15, 0.2) is 30.6 Å². The maximum absolute atomic E-state index is 11.6. The Bertz CT molecular complexity index is 523. The molecular formula is C12H12N2O2. The molecule has 4 nitrogen and oxygen atoms in total. The third-order valence-corrected chi connectivity index (χ3v) is 2.03. The molecule has 16 heavy (non-hydrogen) atoms. The van der Waals surface area contributed by atoms with Gasteiger partial charge in [-0.05, 0) is 32.0 Å². The molecule has 0 fully saturated rings. The number of rotatable bonds is 2. The number of hydrogen-bond acceptors (Lipinski definition) is 4. The molecule has 0 aliphatic rings. The van der Waals surface area contributed by atoms with Crippen LogP contribution in [0.25, 0.3) is 11.0 Å². The van der Waals surface area contributed by atoms with E-state index in [0.29, 0.717) is 11.1 Å². The Morgan fingerprint density at radius 3 is 2.88 bits per heavy atom. The highest BCUT2D eigenvalue weighted by molar-refractivity contribution is 5.92. The van der Waals surface area contributed by atoms with Crippen LogP contribution in [0.3, 0.4) is 0 Å². The maximum Gasteiger partial charge on any atom is 0.340 e. The Labute approximate surface area is 93.3 Å². The Morgan fingerprint density at radius 1 is 1.31 bits per heavy atom. The molecule has 2 heterocycles. The second kappa shape index (κ2) is 4.26. The Kier molecular flexibility index (Phi) is 2.81. The first kappa shape index (κ1) is 10.5. The molecule has 0 unspecified atom stereocenters. The number of carbonyl (C=O) groups excluding carboxylic acids is 1. The van der Waals surface area contributed by atoms with Gasteiger partial charge >= 0.3 is 5.97 Å². The lowest BCUT2D eigenvalue weighted by molar-refractivity contribution is 0.0377. The molecule has 0 aliphatic carbocycles. The first-order valence-corrected chi connectivity index (χ1v) is 5.08. The van der Waals surface area contributed by atoms with Crippen LogP contribution in [0.1, 0.15) is 24.2 Å². The zero-order valence-corrected chi connectivity index (χ0v) is 9.18. The molecule has 0 amide bonds. The van der Waals surface area contributed by atoms with Crippen LogP contribution in [0, 0.1) is 0 Å². The molecule has 0 saturated heterocycles. The predicted octanol–water partition coefficient (Wildman–Crippen LogP) is 2.20. The summed E-state index contributed by atoms with van der Waals surface area (Å²) in [5.74, 6) is -0.366. The quantitative estimate of drug-likeness (QED) is 0.722. The van der Waals surface area contributed by atoms with E-state index in [9.17, 15) is 4.79 Å². The average molecular weight is 216 g/mol. The summed E-state index contributed by atoms with van der Waals surface area (Å²) in [4.78, 5) is 19.9. The van der Waals surface area contributed by atoms with Gasteiger partial charge in [-0.3, -0.25) is 9.97 Å². The van der Waals surface area contributed by atoms with E-state index in [1.807, 2.05) is 19.9 Å². The van der Waals surface area contributed by atoms with Crippen molar-refractivity contribution in [3.8, 4) is 0 Å². The van der Waals surface area contributed by atoms with Gasteiger partial charge in [-0.15, -0.1) is 0 Å². The lowest BCUT2D eigenvalue weighted by Gasteiger charge is -2.07. The number of ether oxygens (including phenoxy) is 1. The molecule has 4 heteroatoms. The van der Waals surface area contributed by atoms with E-state index in [0.717, 1.165) is 5.52 Å². The van der Waals surface area contributed by atoms with Crippen LogP contribution in [0.4, 0.5) is 0 Å². The van der Waals surface area contributed by atoms with Gasteiger partial charge in [0.15, 0.2) is 0 Å². The number of hydrogen-bond donors (Lipinski definition) is 0. The number of aromatic nitrogens is 2. The number of pyridine rings is 2. The second-order valence-corrected chi connectivity index (χ2v) is 3.72. The SMILES string of the molecule is CC(C)OC(=O)c1cnc2cccnc2c1. The van der Waals surface area contributed by atoms with Crippen molar-refractivity contribution in [3.63, 3.8) is 0 Å². The smallest absolute Gasteiger partial charge is 0.340 e. The molecule has 2 aromatic heterocycles. The molecule has 2 rings (SSSR count). The van der Waals surface area contributed by atoms with Crippen molar-refractivity contribution in [1.29, 1.82) is 0 Å². The molecule has 82 valence electrons. The van der Waals surface area contributed by atoms with Crippen molar-refractivity contribution < 1.29 is 9.53 Å². The Balaban J connectivity index is 2.35. The standard InChI is InChI=1S/C12H12N2O2/c1-8(2)16-12(15)9-6-11-10(14-7-9)4-3-5-13-11/h3-8H,1-2H3. The van der Waals surface area contributed by atoms with Crippen molar-refractivity contribution in [3.05, 3.63) is 36.2 Å². The molecule has 2 aromatic rings. The highest BCUT2D eigenvalue weighted by Gasteiger charge is 2.10. The fraction of sp³-hybridized carbons (Fsp3) is 0.250. The zero-order valence-electron chi connectivity index (χ0n) is 9.18. The van der Waals surface area contributed by atoms with Gasteiger partial charge in [0.25, 0.3) is 0 Å². The van der Waals surface area contributed by atoms with Crippen LogP contribution < -0.4 is 0 Å². The van der Waals surface area contributed by atoms with Crippen molar-refractivity contribution in [2.45, 2.75) is 20.0 Å². The summed E-state index contributed by atoms with van der Waals surface area (Å²) in [5.41, 5.74) is 1.89. The van der Waals surface area contributed by atoms with Gasteiger partial charge in [-0.2, -0.15) is 0 Å². The lowest BCUT2D eigenvalue weighted by Crippen LogP contribution is -2.11. The molecule has 0 spiro atoms. The van der Waals surface area contributed by atoms with Gasteiger partial charge in [0.1, 0.15) is 0 Å². The number of carbonyl (C=O) groups is 1. The third-order valence-electron chi connectivity index (χ3n) is 2.03. The molecule has 0 N–H and O–H groups in total. The highest BCUT2D eigenvalue weighted by atomic mass is 16.5. The second-order valence-electron chi connectivity index (χ2n) is 3.72. The highest BCUT2D eigenvalue weighted by Crippen LogP contribution is 2.11. The minimum Gasteiger partial charge on any atom is -0.459 e. The van der Waals surface area contributed by atoms with E-state index in [2.05, 4.69) is 9.97 Å². The maximum atomic E-state index is 11.6. The number of nitrogens with zero attached hydrogens (tertiary/aromatic N) is 2. The number of esters is 1. The van der Waals surface area contributed by atoms with Gasteiger partial charge in [-0.1, -0.05) is 0 Å². The minimum absolute atomic E-state index is 0.132. The molecular weight excluding hydrogens is 204 g/mol. The largest absolute Gasteiger partial charge is 0.459 e. The van der Waals surface area contributed by atoms with Crippen LogP contribution in [0.5, 0.6) is 0 Å². The van der Waals surface area contributed by atoms with E-state index < -0.39 is 0 Å². The van der Waals surface area contributed by atoms with Crippen LogP contribution in [-0.4, -0.2) is 22.0 Å². The zero-order chi connectivity index (χ0) is 11.5. The average Bonchev–Trinajstić information content (AvgIpc) is 2.27. The molecule has 0 aliphatic heterocycles. The van der Waals surface area contributed by atoms with Crippen LogP contribution in [0.2, 0.25) is 0 Å². The monoisotopic (exact) mass is 216 g/mol. The van der Waals surface area contributed by atoms with Gasteiger partial charge < -0.3 is 4.74 Å². The Hall–Kier alpha value is -1.97. The van der Waals surface area contributed by atoms with E-state index >= 15 is 0 Å². The first-order chi connectivity index (χ1) is 7.66. The lowest BCUT2D eigenvalue weighted by atomic mass is 10.2. The summed E-state index contributed by atoms with van der Waals surface area (Å²) in [5, 5.41) is 0.